The number of nitrogen functional groups attached to an aromatic ring is 1. The topological polar surface area (TPSA) is 55.0 Å². The van der Waals surface area contributed by atoms with E-state index in [0.717, 1.165) is 30.6 Å². The fourth-order valence-corrected chi connectivity index (χ4v) is 2.97. The van der Waals surface area contributed by atoms with Gasteiger partial charge >= 0.3 is 0 Å². The third-order valence-electron chi connectivity index (χ3n) is 4.06. The van der Waals surface area contributed by atoms with Crippen LogP contribution in [-0.2, 0) is 12.8 Å². The van der Waals surface area contributed by atoms with Gasteiger partial charge < -0.3 is 10.6 Å². The van der Waals surface area contributed by atoms with Crippen LogP contribution in [0.1, 0.15) is 31.4 Å². The number of aryl methyl sites for hydroxylation is 1. The fourth-order valence-electron chi connectivity index (χ4n) is 2.97. The summed E-state index contributed by atoms with van der Waals surface area (Å²) in [6.07, 6.45) is 4.65. The maximum atomic E-state index is 6.03. The number of aromatic nitrogens is 2. The van der Waals surface area contributed by atoms with Gasteiger partial charge in [0.25, 0.3) is 0 Å². The minimum Gasteiger partial charge on any atom is -0.383 e. The summed E-state index contributed by atoms with van der Waals surface area (Å²) in [6, 6.07) is 8.97. The molecule has 1 atom stereocenters. The highest BCUT2D eigenvalue weighted by Crippen LogP contribution is 2.38. The lowest BCUT2D eigenvalue weighted by molar-refractivity contribution is 0.611. The molecule has 104 valence electrons. The van der Waals surface area contributed by atoms with Crippen LogP contribution < -0.4 is 10.6 Å². The van der Waals surface area contributed by atoms with Crippen molar-refractivity contribution in [1.82, 2.24) is 9.97 Å². The molecule has 0 saturated carbocycles. The molecule has 0 radical (unpaired) electrons. The van der Waals surface area contributed by atoms with Crippen LogP contribution >= 0.6 is 0 Å². The van der Waals surface area contributed by atoms with Crippen molar-refractivity contribution < 1.29 is 0 Å². The predicted octanol–water partition coefficient (Wildman–Crippen LogP) is 3.09. The Morgan fingerprint density at radius 2 is 2.10 bits per heavy atom. The number of anilines is 3. The highest BCUT2D eigenvalue weighted by atomic mass is 15.2. The zero-order valence-electron chi connectivity index (χ0n) is 12.0. The van der Waals surface area contributed by atoms with E-state index in [1.807, 2.05) is 0 Å². The number of para-hydroxylation sites is 1. The second kappa shape index (κ2) is 5.12. The lowest BCUT2D eigenvalue weighted by atomic mass is 9.96. The molecule has 0 spiro atoms. The van der Waals surface area contributed by atoms with Crippen LogP contribution in [0.25, 0.3) is 0 Å². The quantitative estimate of drug-likeness (QED) is 0.909. The molecule has 1 unspecified atom stereocenters. The Bertz CT molecular complexity index is 624. The maximum Gasteiger partial charge on any atom is 0.141 e. The molecule has 0 fully saturated rings. The Kier molecular flexibility index (Phi) is 3.30. The summed E-state index contributed by atoms with van der Waals surface area (Å²) in [5.74, 6) is 1.55. The van der Waals surface area contributed by atoms with Gasteiger partial charge in [-0.1, -0.05) is 25.1 Å². The summed E-state index contributed by atoms with van der Waals surface area (Å²) in [5, 5.41) is 0. The molecule has 2 aromatic rings. The first kappa shape index (κ1) is 12.9. The van der Waals surface area contributed by atoms with Gasteiger partial charge in [-0.25, -0.2) is 9.97 Å². The van der Waals surface area contributed by atoms with E-state index in [9.17, 15) is 0 Å². The van der Waals surface area contributed by atoms with Crippen LogP contribution in [0.2, 0.25) is 0 Å². The van der Waals surface area contributed by atoms with Gasteiger partial charge in [0.2, 0.25) is 0 Å². The van der Waals surface area contributed by atoms with Crippen LogP contribution in [0, 0.1) is 0 Å². The van der Waals surface area contributed by atoms with E-state index in [1.165, 1.54) is 11.3 Å². The summed E-state index contributed by atoms with van der Waals surface area (Å²) in [4.78, 5) is 11.0. The standard InChI is InChI=1S/C16H20N4/c1-3-13-15(17)18-10-19-16(13)20-11(2)8-9-12-6-4-5-7-14(12)20/h4-7,10-11H,3,8-9H2,1-2H3,(H2,17,18,19). The molecule has 20 heavy (non-hydrogen) atoms. The number of benzene rings is 1. The Balaban J connectivity index is 2.17. The Labute approximate surface area is 119 Å². The summed E-state index contributed by atoms with van der Waals surface area (Å²) in [5.41, 5.74) is 9.69. The van der Waals surface area contributed by atoms with Crippen molar-refractivity contribution in [2.24, 2.45) is 0 Å². The highest BCUT2D eigenvalue weighted by molar-refractivity contribution is 5.70. The summed E-state index contributed by atoms with van der Waals surface area (Å²) >= 11 is 0. The maximum absolute atomic E-state index is 6.03. The molecule has 1 aromatic carbocycles. The van der Waals surface area contributed by atoms with Crippen molar-refractivity contribution in [3.63, 3.8) is 0 Å². The van der Waals surface area contributed by atoms with Crippen molar-refractivity contribution in [1.29, 1.82) is 0 Å². The zero-order valence-corrected chi connectivity index (χ0v) is 12.0. The molecule has 1 aromatic heterocycles. The van der Waals surface area contributed by atoms with E-state index in [0.29, 0.717) is 11.9 Å². The molecule has 0 aliphatic carbocycles. The molecule has 2 N–H and O–H groups in total. The number of hydrogen-bond donors (Lipinski definition) is 1. The normalized spacial score (nSPS) is 17.9. The molecule has 0 amide bonds. The largest absolute Gasteiger partial charge is 0.383 e. The second-order valence-electron chi connectivity index (χ2n) is 5.30. The average Bonchev–Trinajstić information content (AvgIpc) is 2.47. The first-order valence-corrected chi connectivity index (χ1v) is 7.18. The van der Waals surface area contributed by atoms with Crippen molar-refractivity contribution in [3.8, 4) is 0 Å². The first-order chi connectivity index (χ1) is 9.72. The van der Waals surface area contributed by atoms with Crippen LogP contribution in [0.4, 0.5) is 17.3 Å². The number of hydrogen-bond acceptors (Lipinski definition) is 4. The first-order valence-electron chi connectivity index (χ1n) is 7.18. The van der Waals surface area contributed by atoms with Gasteiger partial charge in [0.15, 0.2) is 0 Å². The average molecular weight is 268 g/mol. The smallest absolute Gasteiger partial charge is 0.141 e. The molecule has 4 heteroatoms. The van der Waals surface area contributed by atoms with Crippen LogP contribution in [0.3, 0.4) is 0 Å². The van der Waals surface area contributed by atoms with Crippen molar-refractivity contribution in [2.75, 3.05) is 10.6 Å². The summed E-state index contributed by atoms with van der Waals surface area (Å²) in [7, 11) is 0. The van der Waals surface area contributed by atoms with E-state index in [1.54, 1.807) is 6.33 Å². The molecule has 4 nitrogen and oxygen atoms in total. The van der Waals surface area contributed by atoms with Crippen molar-refractivity contribution in [3.05, 3.63) is 41.7 Å². The van der Waals surface area contributed by atoms with Gasteiger partial charge in [-0.3, -0.25) is 0 Å². The van der Waals surface area contributed by atoms with Gasteiger partial charge in [0.1, 0.15) is 18.0 Å². The minimum atomic E-state index is 0.421. The van der Waals surface area contributed by atoms with Crippen LogP contribution in [-0.4, -0.2) is 16.0 Å². The van der Waals surface area contributed by atoms with Crippen LogP contribution in [0.5, 0.6) is 0 Å². The van der Waals surface area contributed by atoms with Crippen molar-refractivity contribution in [2.45, 2.75) is 39.2 Å². The molecule has 0 saturated heterocycles. The van der Waals surface area contributed by atoms with Gasteiger partial charge in [0, 0.05) is 17.3 Å². The van der Waals surface area contributed by atoms with E-state index >= 15 is 0 Å². The highest BCUT2D eigenvalue weighted by Gasteiger charge is 2.27. The fraction of sp³-hybridized carbons (Fsp3) is 0.375. The molecule has 1 aliphatic rings. The minimum absolute atomic E-state index is 0.421. The summed E-state index contributed by atoms with van der Waals surface area (Å²) in [6.45, 7) is 4.34. The number of nitrogens with zero attached hydrogens (tertiary/aromatic N) is 3. The van der Waals surface area contributed by atoms with Gasteiger partial charge in [-0.2, -0.15) is 0 Å². The van der Waals surface area contributed by atoms with Crippen molar-refractivity contribution >= 4 is 17.3 Å². The molecular formula is C16H20N4. The number of rotatable bonds is 2. The van der Waals surface area contributed by atoms with Gasteiger partial charge in [-0.05, 0) is 37.8 Å². The van der Waals surface area contributed by atoms with E-state index in [4.69, 9.17) is 5.73 Å². The Hall–Kier alpha value is -2.10. The number of fused-ring (bicyclic) bond motifs is 1. The van der Waals surface area contributed by atoms with Crippen LogP contribution in [0.15, 0.2) is 30.6 Å². The van der Waals surface area contributed by atoms with Gasteiger partial charge in [-0.15, -0.1) is 0 Å². The molecular weight excluding hydrogens is 248 g/mol. The Morgan fingerprint density at radius 3 is 2.90 bits per heavy atom. The monoisotopic (exact) mass is 268 g/mol. The number of nitrogens with two attached hydrogens (primary N) is 1. The lowest BCUT2D eigenvalue weighted by Gasteiger charge is -2.37. The lowest BCUT2D eigenvalue weighted by Crippen LogP contribution is -2.34. The molecule has 3 rings (SSSR count). The SMILES string of the molecule is CCc1c(N)ncnc1N1c2ccccc2CCC1C. The van der Waals surface area contributed by atoms with Gasteiger partial charge in [0.05, 0.1) is 0 Å². The second-order valence-corrected chi connectivity index (χ2v) is 5.30. The third-order valence-corrected chi connectivity index (χ3v) is 4.06. The van der Waals surface area contributed by atoms with E-state index in [2.05, 4.69) is 53.0 Å². The molecule has 0 bridgehead atoms. The Morgan fingerprint density at radius 1 is 1.30 bits per heavy atom. The summed E-state index contributed by atoms with van der Waals surface area (Å²) < 4.78 is 0. The van der Waals surface area contributed by atoms with E-state index in [-0.39, 0.29) is 0 Å². The zero-order chi connectivity index (χ0) is 14.1. The molecule has 1 aliphatic heterocycles. The predicted molar refractivity (Wildman–Crippen MR) is 82.2 cm³/mol. The van der Waals surface area contributed by atoms with E-state index < -0.39 is 0 Å². The molecule has 2 heterocycles. The third kappa shape index (κ3) is 2.01.